The van der Waals surface area contributed by atoms with Crippen molar-refractivity contribution in [3.63, 3.8) is 0 Å². The molecule has 0 unspecified atom stereocenters. The number of halogens is 2. The van der Waals surface area contributed by atoms with Gasteiger partial charge >= 0.3 is 0 Å². The Balaban J connectivity index is 1.08. The summed E-state index contributed by atoms with van der Waals surface area (Å²) in [6, 6.07) is 20.1. The van der Waals surface area contributed by atoms with Crippen molar-refractivity contribution in [3.8, 4) is 68.5 Å². The Bertz CT molecular complexity index is 3450. The van der Waals surface area contributed by atoms with E-state index in [1.807, 2.05) is 68.0 Å². The molecule has 0 saturated heterocycles. The lowest BCUT2D eigenvalue weighted by molar-refractivity contribution is 0.555. The lowest BCUT2D eigenvalue weighted by Crippen LogP contribution is -1.90. The third-order valence-corrected chi connectivity index (χ3v) is 35.3. The number of hydrogen-bond acceptors (Lipinski definition) is 10. The van der Waals surface area contributed by atoms with Gasteiger partial charge in [0.25, 0.3) is 0 Å². The summed E-state index contributed by atoms with van der Waals surface area (Å²) in [5.74, 6) is 0. The van der Waals surface area contributed by atoms with Crippen molar-refractivity contribution in [1.29, 1.82) is 0 Å². The van der Waals surface area contributed by atoms with Crippen LogP contribution in [0.1, 0.15) is 460 Å². The van der Waals surface area contributed by atoms with Crippen LogP contribution in [0.4, 0.5) is 0 Å². The lowest BCUT2D eigenvalue weighted by Gasteiger charge is -2.04. The van der Waals surface area contributed by atoms with Crippen LogP contribution >= 0.6 is 123 Å². The monoisotopic (exact) mass is 1820 g/mol. The molecule has 0 aliphatic rings. The number of aromatic nitrogens is 2. The molecule has 0 saturated carbocycles. The van der Waals surface area contributed by atoms with Crippen LogP contribution in [0.15, 0.2) is 56.1 Å². The summed E-state index contributed by atoms with van der Waals surface area (Å²) in [6.45, 7) is 14.0. The molecule has 0 N–H and O–H groups in total. The molecule has 638 valence electrons. The van der Waals surface area contributed by atoms with Gasteiger partial charge in [0.1, 0.15) is 10.0 Å². The normalized spacial score (nSPS) is 11.9. The zero-order chi connectivity index (χ0) is 80.1. The van der Waals surface area contributed by atoms with E-state index in [1.165, 1.54) is 497 Å². The highest BCUT2D eigenvalue weighted by atomic mass is 79.9. The van der Waals surface area contributed by atoms with E-state index >= 15 is 0 Å². The molecule has 0 aliphatic carbocycles. The minimum absolute atomic E-state index is 1.05. The van der Waals surface area contributed by atoms with Gasteiger partial charge in [-0.25, -0.2) is 9.97 Å². The van der Waals surface area contributed by atoms with Gasteiger partial charge in [-0.1, -0.05) is 388 Å². The van der Waals surface area contributed by atoms with Crippen molar-refractivity contribution in [1.82, 2.24) is 9.97 Å². The van der Waals surface area contributed by atoms with E-state index in [-0.39, 0.29) is 0 Å². The predicted molar refractivity (Wildman–Crippen MR) is 532 cm³/mol. The summed E-state index contributed by atoms with van der Waals surface area (Å²) in [7, 11) is 0. The Kier molecular flexibility index (Phi) is 52.9. The second kappa shape index (κ2) is 61.7. The molecule has 8 heterocycles. The zero-order valence-electron chi connectivity index (χ0n) is 73.2. The Morgan fingerprint density at radius 3 is 0.649 bits per heavy atom. The third-order valence-electron chi connectivity index (χ3n) is 24.0. The Morgan fingerprint density at radius 2 is 0.404 bits per heavy atom. The third kappa shape index (κ3) is 37.2. The summed E-state index contributed by atoms with van der Waals surface area (Å²) in [5.41, 5.74) is 8.84. The van der Waals surface area contributed by atoms with Gasteiger partial charge in [-0.05, 0) is 180 Å². The van der Waals surface area contributed by atoms with Crippen molar-refractivity contribution in [2.24, 2.45) is 0 Å². The quantitative estimate of drug-likeness (QED) is 0.0355. The molecule has 0 aliphatic heterocycles. The van der Waals surface area contributed by atoms with Crippen LogP contribution in [0.25, 0.3) is 68.5 Å². The van der Waals surface area contributed by atoms with Gasteiger partial charge in [-0.3, -0.25) is 0 Å². The number of unbranched alkanes of at least 4 members (excludes halogenated alkanes) is 54. The molecule has 8 aromatic rings. The summed E-state index contributed by atoms with van der Waals surface area (Å²) in [6.07, 6.45) is 88.6. The number of nitrogens with zero attached hydrogens (tertiary/aromatic N) is 2. The first-order valence-corrected chi connectivity index (χ1v) is 56.4. The first-order chi connectivity index (χ1) is 56.2. The number of thiophene rings is 6. The summed E-state index contributed by atoms with van der Waals surface area (Å²) >= 11 is 24.2. The van der Waals surface area contributed by atoms with Crippen molar-refractivity contribution < 1.29 is 0 Å². The second-order valence-corrected chi connectivity index (χ2v) is 45.4. The van der Waals surface area contributed by atoms with E-state index < -0.39 is 0 Å². The van der Waals surface area contributed by atoms with Gasteiger partial charge < -0.3 is 0 Å². The van der Waals surface area contributed by atoms with Crippen molar-refractivity contribution in [2.75, 3.05) is 0 Å². The molecule has 114 heavy (non-hydrogen) atoms. The van der Waals surface area contributed by atoms with E-state index in [0.29, 0.717) is 0 Å². The molecule has 0 aromatic carbocycles. The van der Waals surface area contributed by atoms with Crippen LogP contribution in [-0.2, 0) is 38.5 Å². The van der Waals surface area contributed by atoms with Gasteiger partial charge in [0, 0.05) is 39.0 Å². The fourth-order valence-electron chi connectivity index (χ4n) is 17.0. The molecule has 12 heteroatoms. The number of rotatable bonds is 73. The molecular formula is C102H158Br2N2S8. The molecule has 0 spiro atoms. The Labute approximate surface area is 748 Å². The maximum atomic E-state index is 5.88. The van der Waals surface area contributed by atoms with Crippen molar-refractivity contribution >= 4 is 123 Å². The molecule has 2 nitrogen and oxygen atoms in total. The molecule has 0 bridgehead atoms. The standard InChI is InChI=1S/C102H158Br2N2S8/c1-7-13-19-25-31-37-43-49-55-61-67-81-77-91(95-83(79-93(103)111-95)69-63-57-51-45-39-33-27-21-15-9-3)109-97(81)101-105-85(71-65-59-53-47-41-35-29-23-17-11-5)99(113-101)89-75-73-87(107-89)88-74-76-90(108-88)100-86(72-66-60-54-48-42-36-30-24-18-12-6)106-102(114-100)98-82(68-62-56-50-44-38-32-26-20-14-8-2)78-92(110-98)96-84(80-94(104)112-96)70-64-58-52-46-40-34-28-22-16-10-4/h73-80H,7-72H2,1-6H3. The van der Waals surface area contributed by atoms with Gasteiger partial charge in [0.15, 0.2) is 0 Å². The molecule has 8 aromatic heterocycles. The SMILES string of the molecule is CCCCCCCCCCCCc1cc(Br)sc1-c1cc(CCCCCCCCCCCC)c(-c2nc(CCCCCCCCCCCC)c(-c3ccc(-c4ccc(-c5sc(-c6sc(-c7sc(Br)cc7CCCCCCCCCCCC)cc6CCCCCCCCCCCC)nc5CCCCCCCCCCCC)s4)s3)s2)s1. The number of aryl methyl sites for hydroxylation is 6. The van der Waals surface area contributed by atoms with Gasteiger partial charge in [-0.2, -0.15) is 0 Å². The Hall–Kier alpha value is -1.58. The topological polar surface area (TPSA) is 25.8 Å². The molecule has 0 radical (unpaired) electrons. The van der Waals surface area contributed by atoms with Gasteiger partial charge in [0.05, 0.1) is 38.5 Å². The van der Waals surface area contributed by atoms with E-state index in [1.54, 1.807) is 11.1 Å². The largest absolute Gasteiger partial charge is 0.240 e. The summed E-state index contributed by atoms with van der Waals surface area (Å²) in [4.78, 5) is 29.0. The average molecular weight is 1830 g/mol. The first-order valence-electron chi connectivity index (χ1n) is 48.3. The van der Waals surface area contributed by atoms with Crippen molar-refractivity contribution in [2.45, 2.75) is 465 Å². The second-order valence-electron chi connectivity index (χ2n) is 34.2. The highest BCUT2D eigenvalue weighted by Crippen LogP contribution is 2.52. The maximum Gasteiger partial charge on any atom is 0.134 e. The minimum atomic E-state index is 1.05. The van der Waals surface area contributed by atoms with Crippen LogP contribution in [-0.4, -0.2) is 9.97 Å². The van der Waals surface area contributed by atoms with Gasteiger partial charge in [-0.15, -0.1) is 90.7 Å². The fraction of sp³-hybridized carbons (Fsp3) is 0.706. The lowest BCUT2D eigenvalue weighted by atomic mass is 10.0. The van der Waals surface area contributed by atoms with Crippen LogP contribution in [0.2, 0.25) is 0 Å². The molecule has 0 amide bonds. The highest BCUT2D eigenvalue weighted by Gasteiger charge is 2.26. The van der Waals surface area contributed by atoms with E-state index in [9.17, 15) is 0 Å². The highest BCUT2D eigenvalue weighted by molar-refractivity contribution is 9.11. The number of thiazole rings is 2. The molecule has 0 atom stereocenters. The summed E-state index contributed by atoms with van der Waals surface area (Å²) in [5, 5.41) is 2.53. The van der Waals surface area contributed by atoms with Crippen LogP contribution in [0.3, 0.4) is 0 Å². The fourth-order valence-corrected chi connectivity index (χ4v) is 27.9. The number of hydrogen-bond donors (Lipinski definition) is 0. The van der Waals surface area contributed by atoms with E-state index in [0.717, 1.165) is 25.7 Å². The maximum absolute atomic E-state index is 5.88. The Morgan fingerprint density at radius 1 is 0.193 bits per heavy atom. The van der Waals surface area contributed by atoms with Crippen molar-refractivity contribution in [3.05, 3.63) is 89.7 Å². The van der Waals surface area contributed by atoms with E-state index in [2.05, 4.69) is 145 Å². The van der Waals surface area contributed by atoms with Crippen LogP contribution in [0.5, 0.6) is 0 Å². The summed E-state index contributed by atoms with van der Waals surface area (Å²) < 4.78 is 2.55. The smallest absolute Gasteiger partial charge is 0.134 e. The average Bonchev–Trinajstić information content (AvgIpc) is 1.63. The first kappa shape index (κ1) is 97.9. The molecule has 8 rings (SSSR count). The van der Waals surface area contributed by atoms with Crippen LogP contribution in [0, 0.1) is 0 Å². The zero-order valence-corrected chi connectivity index (χ0v) is 82.9. The predicted octanol–water partition coefficient (Wildman–Crippen LogP) is 40.9. The van der Waals surface area contributed by atoms with Crippen LogP contribution < -0.4 is 0 Å². The van der Waals surface area contributed by atoms with E-state index in [4.69, 9.17) is 9.97 Å². The van der Waals surface area contributed by atoms with Gasteiger partial charge in [0.2, 0.25) is 0 Å². The minimum Gasteiger partial charge on any atom is -0.240 e. The molecular weight excluding hydrogens is 1670 g/mol. The molecule has 0 fully saturated rings.